The molecule has 0 radical (unpaired) electrons. The van der Waals surface area contributed by atoms with Gasteiger partial charge >= 0.3 is 0 Å². The zero-order valence-corrected chi connectivity index (χ0v) is 8.39. The van der Waals surface area contributed by atoms with E-state index in [1.807, 2.05) is 13.1 Å². The predicted octanol–water partition coefficient (Wildman–Crippen LogP) is 0.615. The number of anilines is 1. The van der Waals surface area contributed by atoms with Crippen molar-refractivity contribution in [2.75, 3.05) is 12.4 Å². The summed E-state index contributed by atoms with van der Waals surface area (Å²) in [7, 11) is 1.49. The summed E-state index contributed by atoms with van der Waals surface area (Å²) < 4.78 is 6.76. The Hall–Kier alpha value is -2.11. The molecule has 2 aromatic rings. The molecule has 1 N–H and O–H groups in total. The molecule has 0 saturated carbocycles. The fraction of sp³-hybridized carbons (Fsp3) is 0.222. The summed E-state index contributed by atoms with van der Waals surface area (Å²) in [5, 5.41) is 2.51. The van der Waals surface area contributed by atoms with Crippen LogP contribution in [0.25, 0.3) is 5.78 Å². The SMILES string of the molecule is COc1nc2nc(C)cn2cc1NC=O. The van der Waals surface area contributed by atoms with Crippen molar-refractivity contribution < 1.29 is 9.53 Å². The van der Waals surface area contributed by atoms with Crippen LogP contribution in [-0.4, -0.2) is 27.9 Å². The van der Waals surface area contributed by atoms with E-state index in [2.05, 4.69) is 15.3 Å². The first-order valence-corrected chi connectivity index (χ1v) is 4.35. The summed E-state index contributed by atoms with van der Waals surface area (Å²) >= 11 is 0. The minimum atomic E-state index is 0.347. The lowest BCUT2D eigenvalue weighted by Crippen LogP contribution is -2.02. The molecule has 0 aliphatic carbocycles. The third kappa shape index (κ3) is 1.61. The third-order valence-corrected chi connectivity index (χ3v) is 1.94. The smallest absolute Gasteiger partial charge is 0.242 e. The number of methoxy groups -OCH3 is 1. The van der Waals surface area contributed by atoms with Crippen LogP contribution in [0.15, 0.2) is 12.4 Å². The lowest BCUT2D eigenvalue weighted by atomic mass is 10.5. The van der Waals surface area contributed by atoms with Crippen LogP contribution in [0.1, 0.15) is 5.69 Å². The summed E-state index contributed by atoms with van der Waals surface area (Å²) in [6.07, 6.45) is 4.10. The number of carbonyl (C=O) groups excluding carboxylic acids is 1. The van der Waals surface area contributed by atoms with E-state index < -0.39 is 0 Å². The Morgan fingerprint density at radius 3 is 2.93 bits per heavy atom. The van der Waals surface area contributed by atoms with Crippen LogP contribution >= 0.6 is 0 Å². The molecule has 6 nitrogen and oxygen atoms in total. The standard InChI is InChI=1S/C9H10N4O2/c1-6-3-13-4-7(10-5-14)8(15-2)12-9(13)11-6/h3-5H,1-2H3,(H,10,14). The van der Waals surface area contributed by atoms with E-state index in [0.717, 1.165) is 5.69 Å². The molecule has 0 aromatic carbocycles. The molecule has 0 unspecified atom stereocenters. The van der Waals surface area contributed by atoms with Crippen molar-refractivity contribution in [3.8, 4) is 5.88 Å². The average Bonchev–Trinajstić information content (AvgIpc) is 2.56. The summed E-state index contributed by atoms with van der Waals surface area (Å²) in [6.45, 7) is 1.87. The highest BCUT2D eigenvalue weighted by atomic mass is 16.5. The molecule has 0 aliphatic rings. The number of imidazole rings is 1. The lowest BCUT2D eigenvalue weighted by Gasteiger charge is -2.05. The normalized spacial score (nSPS) is 10.3. The van der Waals surface area contributed by atoms with Gasteiger partial charge in [-0.3, -0.25) is 9.20 Å². The molecule has 0 saturated heterocycles. The topological polar surface area (TPSA) is 68.5 Å². The van der Waals surface area contributed by atoms with Crippen LogP contribution in [-0.2, 0) is 4.79 Å². The first kappa shape index (κ1) is 9.45. The van der Waals surface area contributed by atoms with Gasteiger partial charge in [-0.25, -0.2) is 4.98 Å². The molecule has 15 heavy (non-hydrogen) atoms. The van der Waals surface area contributed by atoms with Gasteiger partial charge in [-0.2, -0.15) is 4.98 Å². The van der Waals surface area contributed by atoms with Crippen LogP contribution in [0.3, 0.4) is 0 Å². The van der Waals surface area contributed by atoms with Crippen LogP contribution in [0.4, 0.5) is 5.69 Å². The summed E-state index contributed by atoms with van der Waals surface area (Å²) in [4.78, 5) is 18.7. The molecule has 78 valence electrons. The van der Waals surface area contributed by atoms with Crippen molar-refractivity contribution in [2.24, 2.45) is 0 Å². The second-order valence-corrected chi connectivity index (χ2v) is 3.02. The molecule has 0 atom stereocenters. The van der Waals surface area contributed by atoms with Crippen LogP contribution in [0, 0.1) is 6.92 Å². The minimum absolute atomic E-state index is 0.347. The largest absolute Gasteiger partial charge is 0.479 e. The van der Waals surface area contributed by atoms with E-state index >= 15 is 0 Å². The number of fused-ring (bicyclic) bond motifs is 1. The van der Waals surface area contributed by atoms with E-state index in [4.69, 9.17) is 4.74 Å². The number of hydrogen-bond donors (Lipinski definition) is 1. The van der Waals surface area contributed by atoms with Crippen molar-refractivity contribution in [1.29, 1.82) is 0 Å². The van der Waals surface area contributed by atoms with Gasteiger partial charge in [0.2, 0.25) is 18.1 Å². The summed E-state index contributed by atoms with van der Waals surface area (Å²) in [5.74, 6) is 0.890. The van der Waals surface area contributed by atoms with Crippen LogP contribution in [0.5, 0.6) is 5.88 Å². The number of rotatable bonds is 3. The second-order valence-electron chi connectivity index (χ2n) is 3.02. The van der Waals surface area contributed by atoms with Gasteiger partial charge in [0.15, 0.2) is 0 Å². The fourth-order valence-corrected chi connectivity index (χ4v) is 1.34. The van der Waals surface area contributed by atoms with E-state index in [0.29, 0.717) is 23.8 Å². The Morgan fingerprint density at radius 1 is 1.47 bits per heavy atom. The Bertz CT molecular complexity index is 506. The quantitative estimate of drug-likeness (QED) is 0.747. The number of ether oxygens (including phenoxy) is 1. The second kappa shape index (κ2) is 3.56. The maximum Gasteiger partial charge on any atom is 0.242 e. The zero-order valence-electron chi connectivity index (χ0n) is 8.39. The third-order valence-electron chi connectivity index (χ3n) is 1.94. The molecule has 0 bridgehead atoms. The van der Waals surface area contributed by atoms with E-state index in [9.17, 15) is 4.79 Å². The fourth-order valence-electron chi connectivity index (χ4n) is 1.34. The van der Waals surface area contributed by atoms with Gasteiger partial charge in [0.05, 0.1) is 12.8 Å². The first-order chi connectivity index (χ1) is 7.24. The van der Waals surface area contributed by atoms with E-state index in [-0.39, 0.29) is 0 Å². The molecular formula is C9H10N4O2. The summed E-state index contributed by atoms with van der Waals surface area (Å²) in [6, 6.07) is 0. The maximum atomic E-state index is 10.4. The predicted molar refractivity (Wildman–Crippen MR) is 54.0 cm³/mol. The van der Waals surface area contributed by atoms with Crippen LogP contribution < -0.4 is 10.1 Å². The maximum absolute atomic E-state index is 10.4. The number of amides is 1. The van der Waals surface area contributed by atoms with Gasteiger partial charge in [-0.1, -0.05) is 0 Å². The highest BCUT2D eigenvalue weighted by molar-refractivity contribution is 5.74. The van der Waals surface area contributed by atoms with E-state index in [1.54, 1.807) is 10.6 Å². The Labute approximate surface area is 85.9 Å². The van der Waals surface area contributed by atoms with Crippen molar-refractivity contribution in [3.63, 3.8) is 0 Å². The molecule has 1 amide bonds. The van der Waals surface area contributed by atoms with E-state index in [1.165, 1.54) is 7.11 Å². The number of hydrogen-bond acceptors (Lipinski definition) is 4. The van der Waals surface area contributed by atoms with Crippen molar-refractivity contribution >= 4 is 17.9 Å². The lowest BCUT2D eigenvalue weighted by molar-refractivity contribution is -0.105. The highest BCUT2D eigenvalue weighted by Gasteiger charge is 2.08. The van der Waals surface area contributed by atoms with Crippen molar-refractivity contribution in [2.45, 2.75) is 6.92 Å². The van der Waals surface area contributed by atoms with Gasteiger partial charge in [-0.05, 0) is 6.92 Å². The first-order valence-electron chi connectivity index (χ1n) is 4.35. The molecule has 6 heteroatoms. The molecular weight excluding hydrogens is 196 g/mol. The molecule has 2 rings (SSSR count). The minimum Gasteiger partial charge on any atom is -0.479 e. The Morgan fingerprint density at radius 2 is 2.27 bits per heavy atom. The number of nitrogens with zero attached hydrogens (tertiary/aromatic N) is 3. The van der Waals surface area contributed by atoms with Gasteiger partial charge < -0.3 is 10.1 Å². The highest BCUT2D eigenvalue weighted by Crippen LogP contribution is 2.21. The molecule has 0 fully saturated rings. The molecule has 2 heterocycles. The van der Waals surface area contributed by atoms with Crippen LogP contribution in [0.2, 0.25) is 0 Å². The summed E-state index contributed by atoms with van der Waals surface area (Å²) in [5.41, 5.74) is 1.37. The number of aryl methyl sites for hydroxylation is 1. The van der Waals surface area contributed by atoms with Gasteiger partial charge in [-0.15, -0.1) is 0 Å². The molecule has 0 aliphatic heterocycles. The zero-order chi connectivity index (χ0) is 10.8. The Kier molecular flexibility index (Phi) is 2.24. The molecule has 0 spiro atoms. The van der Waals surface area contributed by atoms with Gasteiger partial charge in [0.25, 0.3) is 0 Å². The van der Waals surface area contributed by atoms with Gasteiger partial charge in [0, 0.05) is 12.4 Å². The number of nitrogens with one attached hydrogen (secondary N) is 1. The number of carbonyl (C=O) groups is 1. The average molecular weight is 206 g/mol. The Balaban J connectivity index is 2.62. The number of aromatic nitrogens is 3. The molecule has 2 aromatic heterocycles. The van der Waals surface area contributed by atoms with Gasteiger partial charge in [0.1, 0.15) is 5.69 Å². The monoisotopic (exact) mass is 206 g/mol. The van der Waals surface area contributed by atoms with Crippen molar-refractivity contribution in [3.05, 3.63) is 18.1 Å². The van der Waals surface area contributed by atoms with Crippen molar-refractivity contribution in [1.82, 2.24) is 14.4 Å².